The van der Waals surface area contributed by atoms with Crippen LogP contribution in [0.1, 0.15) is 29.0 Å². The Kier molecular flexibility index (Phi) is 6.73. The smallest absolute Gasteiger partial charge is 0.271 e. The Labute approximate surface area is 151 Å². The molecule has 2 rings (SSSR count). The van der Waals surface area contributed by atoms with Crippen LogP contribution >= 0.6 is 11.6 Å². The van der Waals surface area contributed by atoms with Crippen molar-refractivity contribution in [1.29, 1.82) is 0 Å². The Bertz CT molecular complexity index is 740. The highest BCUT2D eigenvalue weighted by Gasteiger charge is 2.19. The number of amides is 1. The van der Waals surface area contributed by atoms with Gasteiger partial charge in [-0.25, -0.2) is 9.37 Å². The van der Waals surface area contributed by atoms with Gasteiger partial charge in [0.25, 0.3) is 5.91 Å². The van der Waals surface area contributed by atoms with Gasteiger partial charge < -0.3 is 15.0 Å². The Balaban J connectivity index is 2.13. The summed E-state index contributed by atoms with van der Waals surface area (Å²) >= 11 is 6.07. The van der Waals surface area contributed by atoms with Crippen molar-refractivity contribution in [3.63, 3.8) is 0 Å². The SMILES string of the molecule is CCOc1ccc(Cl)c(C(=O)NCC(c2cccc(F)c2)N(C)C)n1. The summed E-state index contributed by atoms with van der Waals surface area (Å²) < 4.78 is 18.8. The molecule has 0 spiro atoms. The van der Waals surface area contributed by atoms with E-state index >= 15 is 0 Å². The summed E-state index contributed by atoms with van der Waals surface area (Å²) in [5.41, 5.74) is 0.872. The van der Waals surface area contributed by atoms with E-state index in [0.29, 0.717) is 12.5 Å². The number of aromatic nitrogens is 1. The normalized spacial score (nSPS) is 12.1. The molecule has 7 heteroatoms. The molecule has 1 aromatic heterocycles. The van der Waals surface area contributed by atoms with Crippen LogP contribution in [0.15, 0.2) is 36.4 Å². The molecule has 2 aromatic rings. The minimum absolute atomic E-state index is 0.101. The second-order valence-corrected chi connectivity index (χ2v) is 6.06. The van der Waals surface area contributed by atoms with Crippen LogP contribution in [-0.2, 0) is 0 Å². The Morgan fingerprint density at radius 2 is 2.12 bits per heavy atom. The van der Waals surface area contributed by atoms with Crippen LogP contribution in [-0.4, -0.2) is 43.0 Å². The van der Waals surface area contributed by atoms with Gasteiger partial charge in [0.05, 0.1) is 17.7 Å². The number of pyridine rings is 1. The number of likely N-dealkylation sites (N-methyl/N-ethyl adjacent to an activating group) is 1. The molecule has 1 N–H and O–H groups in total. The van der Waals surface area contributed by atoms with Gasteiger partial charge in [0.15, 0.2) is 5.69 Å². The highest BCUT2D eigenvalue weighted by Crippen LogP contribution is 2.20. The van der Waals surface area contributed by atoms with Crippen LogP contribution < -0.4 is 10.1 Å². The minimum atomic E-state index is -0.408. The lowest BCUT2D eigenvalue weighted by molar-refractivity contribution is 0.0936. The average Bonchev–Trinajstić information content (AvgIpc) is 2.56. The summed E-state index contributed by atoms with van der Waals surface area (Å²) in [6.07, 6.45) is 0. The van der Waals surface area contributed by atoms with E-state index in [4.69, 9.17) is 16.3 Å². The summed E-state index contributed by atoms with van der Waals surface area (Å²) in [7, 11) is 3.73. The lowest BCUT2D eigenvalue weighted by Crippen LogP contribution is -2.35. The van der Waals surface area contributed by atoms with Crippen molar-refractivity contribution in [2.24, 2.45) is 0 Å². The molecule has 0 bridgehead atoms. The van der Waals surface area contributed by atoms with Crippen molar-refractivity contribution in [3.8, 4) is 5.88 Å². The number of carbonyl (C=O) groups is 1. The largest absolute Gasteiger partial charge is 0.478 e. The van der Waals surface area contributed by atoms with Gasteiger partial charge in [-0.1, -0.05) is 23.7 Å². The average molecular weight is 366 g/mol. The Morgan fingerprint density at radius 3 is 2.76 bits per heavy atom. The Morgan fingerprint density at radius 1 is 1.36 bits per heavy atom. The van der Waals surface area contributed by atoms with E-state index in [1.165, 1.54) is 12.1 Å². The van der Waals surface area contributed by atoms with Crippen LogP contribution in [0, 0.1) is 5.82 Å². The van der Waals surface area contributed by atoms with Crippen LogP contribution in [0.4, 0.5) is 4.39 Å². The van der Waals surface area contributed by atoms with Gasteiger partial charge in [0, 0.05) is 12.6 Å². The molecular formula is C18H21ClFN3O2. The number of nitrogens with zero attached hydrogens (tertiary/aromatic N) is 2. The molecule has 0 fully saturated rings. The van der Waals surface area contributed by atoms with E-state index in [0.717, 1.165) is 5.56 Å². The van der Waals surface area contributed by atoms with Crippen molar-refractivity contribution in [2.75, 3.05) is 27.2 Å². The van der Waals surface area contributed by atoms with Crippen molar-refractivity contribution >= 4 is 17.5 Å². The van der Waals surface area contributed by atoms with Crippen molar-refractivity contribution in [3.05, 3.63) is 58.5 Å². The first kappa shape index (κ1) is 19.1. The number of hydrogen-bond donors (Lipinski definition) is 1. The van der Waals surface area contributed by atoms with Gasteiger partial charge in [-0.15, -0.1) is 0 Å². The van der Waals surface area contributed by atoms with E-state index < -0.39 is 5.91 Å². The van der Waals surface area contributed by atoms with Crippen molar-refractivity contribution in [1.82, 2.24) is 15.2 Å². The molecule has 5 nitrogen and oxygen atoms in total. The highest BCUT2D eigenvalue weighted by atomic mass is 35.5. The monoisotopic (exact) mass is 365 g/mol. The first-order valence-electron chi connectivity index (χ1n) is 7.91. The molecule has 0 radical (unpaired) electrons. The number of nitrogens with one attached hydrogen (secondary N) is 1. The lowest BCUT2D eigenvalue weighted by Gasteiger charge is -2.25. The Hall–Kier alpha value is -2.18. The van der Waals surface area contributed by atoms with E-state index in [1.807, 2.05) is 32.0 Å². The third-order valence-electron chi connectivity index (χ3n) is 3.64. The number of ether oxygens (including phenoxy) is 1. The zero-order valence-electron chi connectivity index (χ0n) is 14.4. The van der Waals surface area contributed by atoms with Crippen LogP contribution in [0.25, 0.3) is 0 Å². The lowest BCUT2D eigenvalue weighted by atomic mass is 10.1. The van der Waals surface area contributed by atoms with Crippen molar-refractivity contribution < 1.29 is 13.9 Å². The molecule has 1 aromatic carbocycles. The number of carbonyl (C=O) groups excluding carboxylic acids is 1. The fourth-order valence-corrected chi connectivity index (χ4v) is 2.59. The maximum atomic E-state index is 13.5. The molecular weight excluding hydrogens is 345 g/mol. The zero-order valence-corrected chi connectivity index (χ0v) is 15.2. The molecule has 0 aliphatic rings. The van der Waals surface area contributed by atoms with E-state index in [2.05, 4.69) is 10.3 Å². The molecule has 1 amide bonds. The van der Waals surface area contributed by atoms with Gasteiger partial charge in [-0.05, 0) is 44.8 Å². The first-order valence-corrected chi connectivity index (χ1v) is 8.29. The number of hydrogen-bond acceptors (Lipinski definition) is 4. The standard InChI is InChI=1S/C18H21ClFN3O2/c1-4-25-16-9-8-14(19)17(22-16)18(24)21-11-15(23(2)3)12-6-5-7-13(20)10-12/h5-10,15H,4,11H2,1-3H3,(H,21,24). The van der Waals surface area contributed by atoms with E-state index in [1.54, 1.807) is 18.2 Å². The summed E-state index contributed by atoms with van der Waals surface area (Å²) in [5, 5.41) is 3.05. The molecule has 0 aliphatic heterocycles. The van der Waals surface area contributed by atoms with Crippen molar-refractivity contribution in [2.45, 2.75) is 13.0 Å². The van der Waals surface area contributed by atoms with E-state index in [-0.39, 0.29) is 29.1 Å². The van der Waals surface area contributed by atoms with Gasteiger partial charge in [-0.2, -0.15) is 0 Å². The molecule has 0 saturated heterocycles. The quantitative estimate of drug-likeness (QED) is 0.818. The number of rotatable bonds is 7. The second-order valence-electron chi connectivity index (χ2n) is 5.66. The molecule has 134 valence electrons. The van der Waals surface area contributed by atoms with Gasteiger partial charge in [0.2, 0.25) is 5.88 Å². The topological polar surface area (TPSA) is 54.5 Å². The molecule has 1 atom stereocenters. The van der Waals surface area contributed by atoms with Gasteiger partial charge in [0.1, 0.15) is 5.82 Å². The van der Waals surface area contributed by atoms with Gasteiger partial charge >= 0.3 is 0 Å². The fraction of sp³-hybridized carbons (Fsp3) is 0.333. The molecule has 1 heterocycles. The number of halogens is 2. The summed E-state index contributed by atoms with van der Waals surface area (Å²) in [4.78, 5) is 18.5. The third kappa shape index (κ3) is 5.14. The maximum Gasteiger partial charge on any atom is 0.271 e. The van der Waals surface area contributed by atoms with Crippen LogP contribution in [0.3, 0.4) is 0 Å². The molecule has 0 saturated carbocycles. The predicted molar refractivity (Wildman–Crippen MR) is 95.6 cm³/mol. The maximum absolute atomic E-state index is 13.5. The number of benzene rings is 1. The van der Waals surface area contributed by atoms with E-state index in [9.17, 15) is 9.18 Å². The molecule has 1 unspecified atom stereocenters. The third-order valence-corrected chi connectivity index (χ3v) is 3.95. The predicted octanol–water partition coefficient (Wildman–Crippen LogP) is 3.31. The van der Waals surface area contributed by atoms with Crippen LogP contribution in [0.5, 0.6) is 5.88 Å². The fourth-order valence-electron chi connectivity index (χ4n) is 2.40. The summed E-state index contributed by atoms with van der Waals surface area (Å²) in [6.45, 7) is 2.56. The second kappa shape index (κ2) is 8.78. The minimum Gasteiger partial charge on any atom is -0.478 e. The summed E-state index contributed by atoms with van der Waals surface area (Å²) in [5.74, 6) is -0.383. The highest BCUT2D eigenvalue weighted by molar-refractivity contribution is 6.33. The molecule has 0 aliphatic carbocycles. The summed E-state index contributed by atoms with van der Waals surface area (Å²) in [6, 6.07) is 9.31. The first-order chi connectivity index (χ1) is 11.9. The zero-order chi connectivity index (χ0) is 18.4. The molecule has 25 heavy (non-hydrogen) atoms. The van der Waals surface area contributed by atoms with Crippen LogP contribution in [0.2, 0.25) is 5.02 Å². The van der Waals surface area contributed by atoms with Gasteiger partial charge in [-0.3, -0.25) is 4.79 Å².